The van der Waals surface area contributed by atoms with Crippen molar-refractivity contribution in [1.29, 1.82) is 0 Å². The van der Waals surface area contributed by atoms with Crippen molar-refractivity contribution in [3.05, 3.63) is 23.0 Å². The Balaban J connectivity index is 1.83. The van der Waals surface area contributed by atoms with Gasteiger partial charge in [-0.25, -0.2) is 29.2 Å². The fourth-order valence-corrected chi connectivity index (χ4v) is 4.27. The molecule has 0 aliphatic heterocycles. The third-order valence-corrected chi connectivity index (χ3v) is 5.63. The van der Waals surface area contributed by atoms with E-state index in [-0.39, 0.29) is 10.8 Å². The van der Waals surface area contributed by atoms with Crippen LogP contribution in [-0.4, -0.2) is 23.4 Å². The Morgan fingerprint density at radius 2 is 1.90 bits per heavy atom. The number of rotatable bonds is 4. The number of nitrogens with zero attached hydrogens (tertiary/aromatic N) is 3. The summed E-state index contributed by atoms with van der Waals surface area (Å²) in [6.07, 6.45) is 6.49. The van der Waals surface area contributed by atoms with Crippen molar-refractivity contribution in [2.45, 2.75) is 30.6 Å². The van der Waals surface area contributed by atoms with Gasteiger partial charge >= 0.3 is 0 Å². The van der Waals surface area contributed by atoms with E-state index in [1.807, 2.05) is 0 Å². The van der Waals surface area contributed by atoms with Gasteiger partial charge in [0.2, 0.25) is 5.95 Å². The van der Waals surface area contributed by atoms with Crippen LogP contribution >= 0.6 is 11.3 Å². The number of sulfonamides is 1. The lowest BCUT2D eigenvalue weighted by molar-refractivity contribution is 0.600. The molecule has 1 aliphatic rings. The van der Waals surface area contributed by atoms with Gasteiger partial charge in [-0.15, -0.1) is 11.3 Å². The van der Waals surface area contributed by atoms with Crippen LogP contribution in [0, 0.1) is 0 Å². The molecule has 0 atom stereocenters. The number of aryl methyl sites for hydroxylation is 2. The van der Waals surface area contributed by atoms with E-state index in [9.17, 15) is 8.42 Å². The average Bonchev–Trinajstić information content (AvgIpc) is 2.88. The van der Waals surface area contributed by atoms with Crippen LogP contribution in [0.2, 0.25) is 0 Å². The smallest absolute Gasteiger partial charge is 0.266 e. The largest absolute Gasteiger partial charge is 0.292 e. The zero-order valence-electron chi connectivity index (χ0n) is 11.0. The van der Waals surface area contributed by atoms with Crippen molar-refractivity contribution in [1.82, 2.24) is 15.0 Å². The molecule has 0 unspecified atom stereocenters. The van der Waals surface area contributed by atoms with E-state index in [1.54, 1.807) is 0 Å². The fraction of sp³-hybridized carbons (Fsp3) is 0.364. The van der Waals surface area contributed by atoms with Crippen molar-refractivity contribution in [3.8, 4) is 0 Å². The minimum absolute atomic E-state index is 0.0327. The molecule has 21 heavy (non-hydrogen) atoms. The third kappa shape index (κ3) is 2.96. The summed E-state index contributed by atoms with van der Waals surface area (Å²) >= 11 is 1.39. The number of hydrogen-bond acceptors (Lipinski definition) is 8. The van der Waals surface area contributed by atoms with Gasteiger partial charge in [-0.05, 0) is 25.7 Å². The van der Waals surface area contributed by atoms with Gasteiger partial charge in [0.1, 0.15) is 4.90 Å². The molecule has 0 spiro atoms. The number of nitrogens with two attached hydrogens (primary N) is 1. The van der Waals surface area contributed by atoms with Gasteiger partial charge in [0, 0.05) is 4.88 Å². The van der Waals surface area contributed by atoms with E-state index in [1.165, 1.54) is 23.7 Å². The number of aromatic nitrogens is 3. The van der Waals surface area contributed by atoms with Gasteiger partial charge in [-0.2, -0.15) is 0 Å². The third-order valence-electron chi connectivity index (χ3n) is 3.13. The van der Waals surface area contributed by atoms with Crippen molar-refractivity contribution in [3.63, 3.8) is 0 Å². The molecular weight excluding hydrogens is 312 g/mol. The Labute approximate surface area is 125 Å². The number of hydrazine groups is 1. The SMILES string of the molecule is NNc1ncc(S(=O)(=O)Nc2nc3c(s2)CCCC3)cn1. The van der Waals surface area contributed by atoms with Gasteiger partial charge in [-0.1, -0.05) is 0 Å². The topological polar surface area (TPSA) is 123 Å². The van der Waals surface area contributed by atoms with Crippen molar-refractivity contribution in [2.24, 2.45) is 5.84 Å². The molecule has 0 saturated carbocycles. The van der Waals surface area contributed by atoms with Gasteiger partial charge in [0.15, 0.2) is 5.13 Å². The fourth-order valence-electron chi connectivity index (χ4n) is 2.10. The van der Waals surface area contributed by atoms with Crippen LogP contribution in [0.15, 0.2) is 17.3 Å². The first-order chi connectivity index (χ1) is 10.1. The standard InChI is InChI=1S/C11H14N6O2S2/c12-16-10-13-5-7(6-14-10)21(18,19)17-11-15-8-3-1-2-4-9(8)20-11/h5-6H,1-4,12H2,(H,15,17)(H,13,14,16). The Kier molecular flexibility index (Phi) is 3.74. The molecule has 8 nitrogen and oxygen atoms in total. The molecular formula is C11H14N6O2S2. The van der Waals surface area contributed by atoms with Gasteiger partial charge in [0.05, 0.1) is 18.1 Å². The van der Waals surface area contributed by atoms with Crippen LogP contribution < -0.4 is 16.0 Å². The predicted octanol–water partition coefficient (Wildman–Crippen LogP) is 0.898. The second-order valence-electron chi connectivity index (χ2n) is 4.59. The Bertz CT molecular complexity index is 717. The number of anilines is 2. The Morgan fingerprint density at radius 3 is 2.57 bits per heavy atom. The van der Waals surface area contributed by atoms with Crippen LogP contribution in [0.3, 0.4) is 0 Å². The first-order valence-electron chi connectivity index (χ1n) is 6.38. The number of thiazole rings is 1. The molecule has 0 bridgehead atoms. The number of fused-ring (bicyclic) bond motifs is 1. The van der Waals surface area contributed by atoms with E-state index in [0.717, 1.165) is 36.3 Å². The quantitative estimate of drug-likeness (QED) is 0.563. The zero-order valence-corrected chi connectivity index (χ0v) is 12.7. The maximum Gasteiger partial charge on any atom is 0.266 e. The lowest BCUT2D eigenvalue weighted by Gasteiger charge is -2.06. The molecule has 3 rings (SSSR count). The van der Waals surface area contributed by atoms with E-state index in [2.05, 4.69) is 25.1 Å². The van der Waals surface area contributed by atoms with Crippen molar-refractivity contribution < 1.29 is 8.42 Å². The predicted molar refractivity (Wildman–Crippen MR) is 79.4 cm³/mol. The maximum absolute atomic E-state index is 12.2. The minimum Gasteiger partial charge on any atom is -0.292 e. The molecule has 0 fully saturated rings. The maximum atomic E-state index is 12.2. The van der Waals surface area contributed by atoms with Crippen LogP contribution in [-0.2, 0) is 22.9 Å². The number of nitrogens with one attached hydrogen (secondary N) is 2. The minimum atomic E-state index is -3.73. The molecule has 10 heteroatoms. The summed E-state index contributed by atoms with van der Waals surface area (Å²) in [6, 6.07) is 0. The highest BCUT2D eigenvalue weighted by atomic mass is 32.2. The monoisotopic (exact) mass is 326 g/mol. The van der Waals surface area contributed by atoms with E-state index >= 15 is 0 Å². The first-order valence-corrected chi connectivity index (χ1v) is 8.68. The first kappa shape index (κ1) is 14.2. The molecule has 0 radical (unpaired) electrons. The van der Waals surface area contributed by atoms with Crippen molar-refractivity contribution >= 4 is 32.4 Å². The van der Waals surface area contributed by atoms with Gasteiger partial charge in [-0.3, -0.25) is 10.1 Å². The summed E-state index contributed by atoms with van der Waals surface area (Å²) in [7, 11) is -3.73. The molecule has 1 aliphatic carbocycles. The molecule has 4 N–H and O–H groups in total. The summed E-state index contributed by atoms with van der Waals surface area (Å²) in [4.78, 5) is 13.1. The second kappa shape index (κ2) is 5.54. The van der Waals surface area contributed by atoms with Crippen LogP contribution in [0.4, 0.5) is 11.1 Å². The Morgan fingerprint density at radius 1 is 1.19 bits per heavy atom. The van der Waals surface area contributed by atoms with Crippen LogP contribution in [0.25, 0.3) is 0 Å². The molecule has 0 aromatic carbocycles. The summed E-state index contributed by atoms with van der Waals surface area (Å²) in [5.74, 6) is 5.29. The van der Waals surface area contributed by atoms with E-state index in [0.29, 0.717) is 5.13 Å². The lowest BCUT2D eigenvalue weighted by Crippen LogP contribution is -2.15. The molecule has 2 aromatic heterocycles. The number of nitrogen functional groups attached to an aromatic ring is 1. The average molecular weight is 326 g/mol. The van der Waals surface area contributed by atoms with Gasteiger partial charge in [0.25, 0.3) is 10.0 Å². The summed E-state index contributed by atoms with van der Waals surface area (Å²) < 4.78 is 27.0. The van der Waals surface area contributed by atoms with E-state index in [4.69, 9.17) is 5.84 Å². The molecule has 0 amide bonds. The van der Waals surface area contributed by atoms with Crippen LogP contribution in [0.1, 0.15) is 23.4 Å². The highest BCUT2D eigenvalue weighted by molar-refractivity contribution is 7.93. The van der Waals surface area contributed by atoms with Crippen molar-refractivity contribution in [2.75, 3.05) is 10.1 Å². The normalized spacial score (nSPS) is 14.5. The molecule has 0 saturated heterocycles. The summed E-state index contributed by atoms with van der Waals surface area (Å²) in [5, 5.41) is 0.392. The Hall–Kier alpha value is -1.78. The molecule has 2 aromatic rings. The summed E-state index contributed by atoms with van der Waals surface area (Å²) in [6.45, 7) is 0. The van der Waals surface area contributed by atoms with E-state index < -0.39 is 10.0 Å². The highest BCUT2D eigenvalue weighted by Crippen LogP contribution is 2.30. The summed E-state index contributed by atoms with van der Waals surface area (Å²) in [5.41, 5.74) is 3.24. The van der Waals surface area contributed by atoms with Crippen LogP contribution in [0.5, 0.6) is 0 Å². The number of hydrogen-bond donors (Lipinski definition) is 3. The second-order valence-corrected chi connectivity index (χ2v) is 7.35. The highest BCUT2D eigenvalue weighted by Gasteiger charge is 2.20. The zero-order chi connectivity index (χ0) is 14.9. The lowest BCUT2D eigenvalue weighted by atomic mass is 10.0. The molecule has 112 valence electrons. The molecule has 2 heterocycles. The van der Waals surface area contributed by atoms with Gasteiger partial charge < -0.3 is 0 Å².